The van der Waals surface area contributed by atoms with E-state index in [4.69, 9.17) is 0 Å². The van der Waals surface area contributed by atoms with Gasteiger partial charge in [0.2, 0.25) is 5.95 Å². The molecule has 0 spiro atoms. The third-order valence-corrected chi connectivity index (χ3v) is 3.98. The molecule has 1 atom stereocenters. The van der Waals surface area contributed by atoms with Crippen LogP contribution < -0.4 is 5.32 Å². The molecule has 0 saturated carbocycles. The minimum Gasteiger partial charge on any atom is -0.353 e. The summed E-state index contributed by atoms with van der Waals surface area (Å²) in [5, 5.41) is 2.90. The predicted octanol–water partition coefficient (Wildman–Crippen LogP) is 1.93. The summed E-state index contributed by atoms with van der Waals surface area (Å²) in [5.41, 5.74) is -0.922. The number of piperazine rings is 1. The molecule has 0 aliphatic carbocycles. The second kappa shape index (κ2) is 7.23. The maximum absolute atomic E-state index is 12.6. The summed E-state index contributed by atoms with van der Waals surface area (Å²) in [6.07, 6.45) is -3.32. The molecule has 22 heavy (non-hydrogen) atoms. The van der Waals surface area contributed by atoms with Gasteiger partial charge in [0.15, 0.2) is 0 Å². The van der Waals surface area contributed by atoms with Crippen LogP contribution in [0.2, 0.25) is 0 Å². The van der Waals surface area contributed by atoms with Gasteiger partial charge in [-0.1, -0.05) is 6.92 Å². The van der Waals surface area contributed by atoms with Crippen molar-refractivity contribution in [1.29, 1.82) is 0 Å². The van der Waals surface area contributed by atoms with Crippen molar-refractivity contribution in [3.05, 3.63) is 18.0 Å². The molecule has 0 radical (unpaired) electrons. The van der Waals surface area contributed by atoms with E-state index in [-0.39, 0.29) is 12.0 Å². The highest BCUT2D eigenvalue weighted by Crippen LogP contribution is 2.27. The first-order valence-electron chi connectivity index (χ1n) is 7.50. The van der Waals surface area contributed by atoms with E-state index in [0.29, 0.717) is 6.54 Å². The van der Waals surface area contributed by atoms with Gasteiger partial charge in [-0.25, -0.2) is 9.97 Å². The first-order chi connectivity index (χ1) is 10.4. The molecule has 124 valence electrons. The fourth-order valence-corrected chi connectivity index (χ4v) is 2.49. The molecule has 1 fully saturated rings. The molecule has 1 aromatic rings. The van der Waals surface area contributed by atoms with E-state index < -0.39 is 11.9 Å². The Bertz CT molecular complexity index is 472. The van der Waals surface area contributed by atoms with Crippen LogP contribution in [0, 0.1) is 0 Å². The number of hydrogen-bond donors (Lipinski definition) is 1. The van der Waals surface area contributed by atoms with Crippen LogP contribution in [0.3, 0.4) is 0 Å². The van der Waals surface area contributed by atoms with Crippen molar-refractivity contribution >= 4 is 5.95 Å². The van der Waals surface area contributed by atoms with E-state index in [1.165, 1.54) is 0 Å². The largest absolute Gasteiger partial charge is 0.433 e. The fourth-order valence-electron chi connectivity index (χ4n) is 2.49. The Kier molecular flexibility index (Phi) is 5.57. The lowest BCUT2D eigenvalue weighted by Crippen LogP contribution is -2.51. The topological polar surface area (TPSA) is 44.3 Å². The Morgan fingerprint density at radius 1 is 1.27 bits per heavy atom. The van der Waals surface area contributed by atoms with Gasteiger partial charge in [-0.05, 0) is 19.5 Å². The number of aromatic nitrogens is 2. The van der Waals surface area contributed by atoms with E-state index in [0.717, 1.165) is 45.0 Å². The van der Waals surface area contributed by atoms with Crippen LogP contribution in [-0.4, -0.2) is 65.1 Å². The lowest BCUT2D eigenvalue weighted by atomic mass is 10.2. The van der Waals surface area contributed by atoms with Crippen LogP contribution in [0.4, 0.5) is 19.1 Å². The highest BCUT2D eigenvalue weighted by atomic mass is 19.4. The zero-order chi connectivity index (χ0) is 16.2. The van der Waals surface area contributed by atoms with E-state index in [9.17, 15) is 13.2 Å². The van der Waals surface area contributed by atoms with Gasteiger partial charge in [0.25, 0.3) is 0 Å². The maximum Gasteiger partial charge on any atom is 0.433 e. The molecule has 1 aliphatic rings. The van der Waals surface area contributed by atoms with E-state index in [1.54, 1.807) is 0 Å². The van der Waals surface area contributed by atoms with Crippen molar-refractivity contribution in [2.24, 2.45) is 0 Å². The maximum atomic E-state index is 12.6. The first-order valence-corrected chi connectivity index (χ1v) is 7.50. The van der Waals surface area contributed by atoms with Gasteiger partial charge in [-0.15, -0.1) is 0 Å². The summed E-state index contributed by atoms with van der Waals surface area (Å²) in [6.45, 7) is 9.78. The Labute approximate surface area is 128 Å². The van der Waals surface area contributed by atoms with Crippen LogP contribution in [0.15, 0.2) is 12.3 Å². The zero-order valence-corrected chi connectivity index (χ0v) is 12.9. The average Bonchev–Trinajstić information content (AvgIpc) is 2.52. The molecule has 1 saturated heterocycles. The molecule has 0 aromatic carbocycles. The van der Waals surface area contributed by atoms with Crippen molar-refractivity contribution < 1.29 is 13.2 Å². The van der Waals surface area contributed by atoms with Gasteiger partial charge in [0, 0.05) is 45.0 Å². The predicted molar refractivity (Wildman–Crippen MR) is 78.7 cm³/mol. The first kappa shape index (κ1) is 17.0. The fraction of sp³-hybridized carbons (Fsp3) is 0.714. The molecule has 2 rings (SSSR count). The SMILES string of the molecule is CCN1CCN([C@@H](C)CNc2nccc(C(F)(F)F)n2)CC1. The van der Waals surface area contributed by atoms with Gasteiger partial charge in [0.05, 0.1) is 0 Å². The normalized spacial score (nSPS) is 19.1. The second-order valence-corrected chi connectivity index (χ2v) is 5.46. The van der Waals surface area contributed by atoms with Crippen LogP contribution in [0.1, 0.15) is 19.5 Å². The summed E-state index contributed by atoms with van der Waals surface area (Å²) in [7, 11) is 0. The Morgan fingerprint density at radius 3 is 2.55 bits per heavy atom. The Balaban J connectivity index is 1.85. The molecule has 8 heteroatoms. The third-order valence-electron chi connectivity index (χ3n) is 3.98. The molecule has 0 unspecified atom stereocenters. The number of halogens is 3. The molecule has 0 bridgehead atoms. The van der Waals surface area contributed by atoms with Gasteiger partial charge < -0.3 is 10.2 Å². The Hall–Kier alpha value is -1.41. The number of nitrogens with zero attached hydrogens (tertiary/aromatic N) is 4. The monoisotopic (exact) mass is 317 g/mol. The molecule has 1 aromatic heterocycles. The van der Waals surface area contributed by atoms with Crippen LogP contribution in [0.5, 0.6) is 0 Å². The molecule has 0 amide bonds. The molecule has 2 heterocycles. The van der Waals surface area contributed by atoms with Gasteiger partial charge in [-0.3, -0.25) is 4.90 Å². The number of alkyl halides is 3. The minimum absolute atomic E-state index is 0.0221. The van der Waals surface area contributed by atoms with Gasteiger partial charge in [-0.2, -0.15) is 13.2 Å². The van der Waals surface area contributed by atoms with E-state index in [2.05, 4.69) is 38.9 Å². The highest BCUT2D eigenvalue weighted by molar-refractivity contribution is 5.26. The second-order valence-electron chi connectivity index (χ2n) is 5.46. The van der Waals surface area contributed by atoms with Gasteiger partial charge in [0.1, 0.15) is 5.69 Å². The third kappa shape index (κ3) is 4.54. The molecular formula is C14H22F3N5. The van der Waals surface area contributed by atoms with Crippen molar-refractivity contribution in [2.75, 3.05) is 44.6 Å². The van der Waals surface area contributed by atoms with E-state index in [1.807, 2.05) is 0 Å². The highest BCUT2D eigenvalue weighted by Gasteiger charge is 2.32. The quantitative estimate of drug-likeness (QED) is 0.899. The van der Waals surface area contributed by atoms with Crippen molar-refractivity contribution in [3.63, 3.8) is 0 Å². The number of nitrogens with one attached hydrogen (secondary N) is 1. The van der Waals surface area contributed by atoms with Crippen LogP contribution in [-0.2, 0) is 6.18 Å². The summed E-state index contributed by atoms with van der Waals surface area (Å²) in [6, 6.07) is 1.09. The van der Waals surface area contributed by atoms with E-state index >= 15 is 0 Å². The summed E-state index contributed by atoms with van der Waals surface area (Å²) in [5.74, 6) is 0.0221. The van der Waals surface area contributed by atoms with Crippen molar-refractivity contribution in [2.45, 2.75) is 26.1 Å². The number of anilines is 1. The smallest absolute Gasteiger partial charge is 0.353 e. The molecule has 5 nitrogen and oxygen atoms in total. The molecular weight excluding hydrogens is 295 g/mol. The average molecular weight is 317 g/mol. The number of likely N-dealkylation sites (N-methyl/N-ethyl adjacent to an activating group) is 1. The standard InChI is InChI=1S/C14H22F3N5/c1-3-21-6-8-22(9-7-21)11(2)10-19-13-18-5-4-12(20-13)14(15,16)17/h4-5,11H,3,6-10H2,1-2H3,(H,18,19,20)/t11-/m0/s1. The summed E-state index contributed by atoms with van der Waals surface area (Å²) >= 11 is 0. The summed E-state index contributed by atoms with van der Waals surface area (Å²) in [4.78, 5) is 12.1. The van der Waals surface area contributed by atoms with Crippen LogP contribution in [0.25, 0.3) is 0 Å². The minimum atomic E-state index is -4.44. The Morgan fingerprint density at radius 2 is 1.95 bits per heavy atom. The van der Waals surface area contributed by atoms with Gasteiger partial charge >= 0.3 is 6.18 Å². The lowest BCUT2D eigenvalue weighted by Gasteiger charge is -2.37. The number of hydrogen-bond acceptors (Lipinski definition) is 5. The zero-order valence-electron chi connectivity index (χ0n) is 12.9. The van der Waals surface area contributed by atoms with Crippen molar-refractivity contribution in [1.82, 2.24) is 19.8 Å². The molecule has 1 N–H and O–H groups in total. The van der Waals surface area contributed by atoms with Crippen molar-refractivity contribution in [3.8, 4) is 0 Å². The van der Waals surface area contributed by atoms with Crippen LogP contribution >= 0.6 is 0 Å². The summed E-state index contributed by atoms with van der Waals surface area (Å²) < 4.78 is 37.8. The lowest BCUT2D eigenvalue weighted by molar-refractivity contribution is -0.141. The number of rotatable bonds is 5. The molecule has 1 aliphatic heterocycles.